The second-order valence-electron chi connectivity index (χ2n) is 10.2. The van der Waals surface area contributed by atoms with E-state index in [0.717, 1.165) is 31.4 Å². The van der Waals surface area contributed by atoms with Crippen molar-refractivity contribution in [2.75, 3.05) is 32.9 Å². The second kappa shape index (κ2) is 14.4. The summed E-state index contributed by atoms with van der Waals surface area (Å²) in [5.74, 6) is 2.16. The molecule has 5 N–H and O–H groups in total. The fourth-order valence-electron chi connectivity index (χ4n) is 4.91. The number of hydrazone groups is 1. The summed E-state index contributed by atoms with van der Waals surface area (Å²) in [5, 5.41) is 16.0. The number of ether oxygens (including phenoxy) is 1. The van der Waals surface area contributed by atoms with Gasteiger partial charge in [0.1, 0.15) is 6.04 Å². The van der Waals surface area contributed by atoms with Gasteiger partial charge in [-0.05, 0) is 51.2 Å². The second-order valence-corrected chi connectivity index (χ2v) is 11.9. The van der Waals surface area contributed by atoms with Crippen molar-refractivity contribution in [3.63, 3.8) is 0 Å². The van der Waals surface area contributed by atoms with Crippen molar-refractivity contribution < 1.29 is 41.9 Å². The van der Waals surface area contributed by atoms with Gasteiger partial charge in [0.05, 0.1) is 43.0 Å². The first-order chi connectivity index (χ1) is 19.5. The van der Waals surface area contributed by atoms with Crippen LogP contribution in [0.3, 0.4) is 0 Å². The maximum Gasteiger partial charge on any atom is 0.337 e. The van der Waals surface area contributed by atoms with Crippen molar-refractivity contribution in [1.82, 2.24) is 14.9 Å². The van der Waals surface area contributed by atoms with Crippen LogP contribution < -0.4 is 15.9 Å². The van der Waals surface area contributed by atoms with E-state index in [-0.39, 0.29) is 32.3 Å². The summed E-state index contributed by atoms with van der Waals surface area (Å²) in [4.78, 5) is 51.4. The van der Waals surface area contributed by atoms with Crippen LogP contribution in [0.2, 0.25) is 0 Å². The lowest BCUT2D eigenvalue weighted by atomic mass is 10.1. The molecule has 0 bridgehead atoms. The Hall–Kier alpha value is -3.56. The number of esters is 1. The first-order valence-electron chi connectivity index (χ1n) is 13.7. The van der Waals surface area contributed by atoms with E-state index in [0.29, 0.717) is 30.4 Å². The van der Waals surface area contributed by atoms with Gasteiger partial charge in [0.2, 0.25) is 28.2 Å². The zero-order valence-electron chi connectivity index (χ0n) is 23.2. The molecule has 1 aromatic carbocycles. The van der Waals surface area contributed by atoms with Crippen LogP contribution in [-0.2, 0) is 29.1 Å². The van der Waals surface area contributed by atoms with Crippen molar-refractivity contribution in [1.29, 1.82) is 0 Å². The zero-order valence-corrected chi connectivity index (χ0v) is 24.0. The topological polar surface area (TPSA) is 198 Å². The molecule has 0 aromatic heterocycles. The highest BCUT2D eigenvalue weighted by Gasteiger charge is 2.39. The molecular weight excluding hydrogens is 556 g/mol. The molecule has 1 saturated carbocycles. The van der Waals surface area contributed by atoms with E-state index < -0.39 is 56.7 Å². The van der Waals surface area contributed by atoms with Crippen LogP contribution in [-0.4, -0.2) is 98.0 Å². The molecule has 41 heavy (non-hydrogen) atoms. The van der Waals surface area contributed by atoms with Crippen LogP contribution in [0.5, 0.6) is 0 Å². The smallest absolute Gasteiger partial charge is 0.337 e. The summed E-state index contributed by atoms with van der Waals surface area (Å²) in [5.41, 5.74) is -0.477. The third-order valence-electron chi connectivity index (χ3n) is 7.13. The van der Waals surface area contributed by atoms with E-state index in [4.69, 9.17) is 10.6 Å². The Kier molecular flexibility index (Phi) is 11.2. The van der Waals surface area contributed by atoms with Crippen molar-refractivity contribution >= 4 is 40.1 Å². The van der Waals surface area contributed by atoms with E-state index in [1.54, 1.807) is 13.3 Å². The van der Waals surface area contributed by atoms with Gasteiger partial charge in [-0.2, -0.15) is 4.72 Å². The van der Waals surface area contributed by atoms with Crippen molar-refractivity contribution in [3.8, 4) is 0 Å². The fraction of sp³-hybridized carbons (Fsp3) is 0.577. The molecule has 0 radical (unpaired) electrons. The zero-order chi connectivity index (χ0) is 30.0. The van der Waals surface area contributed by atoms with Crippen molar-refractivity contribution in [3.05, 3.63) is 29.8 Å². The number of carbonyl (C=O) groups excluding carboxylic acids is 3. The number of sulfonamides is 1. The molecule has 0 spiro atoms. The first kappa shape index (κ1) is 32.0. The summed E-state index contributed by atoms with van der Waals surface area (Å²) in [6.07, 6.45) is 5.15. The third-order valence-corrected chi connectivity index (χ3v) is 8.66. The molecule has 1 heterocycles. The number of nitrogens with one attached hydrogen (secondary N) is 2. The summed E-state index contributed by atoms with van der Waals surface area (Å²) in [6, 6.07) is 3.23. The number of carboxylic acid groups (broad SMARTS) is 1. The van der Waals surface area contributed by atoms with Gasteiger partial charge in [-0.1, -0.05) is 12.1 Å². The van der Waals surface area contributed by atoms with E-state index in [1.807, 2.05) is 0 Å². The highest BCUT2D eigenvalue weighted by molar-refractivity contribution is 7.89. The number of likely N-dealkylation sites (tertiary alicyclic amines) is 1. The average Bonchev–Trinajstić information content (AvgIpc) is 3.78. The first-order valence-corrected chi connectivity index (χ1v) is 15.2. The Morgan fingerprint density at radius 2 is 1.88 bits per heavy atom. The van der Waals surface area contributed by atoms with Crippen LogP contribution >= 0.6 is 0 Å². The van der Waals surface area contributed by atoms with Crippen LogP contribution in [0.1, 0.15) is 62.2 Å². The summed E-state index contributed by atoms with van der Waals surface area (Å²) >= 11 is 0. The van der Waals surface area contributed by atoms with Gasteiger partial charge in [-0.15, -0.1) is 5.10 Å². The van der Waals surface area contributed by atoms with Gasteiger partial charge in [0.15, 0.2) is 6.67 Å². The molecule has 1 atom stereocenters. The monoisotopic (exact) mass is 595 g/mol. The van der Waals surface area contributed by atoms with E-state index >= 15 is 0 Å². The maximum atomic E-state index is 13.7. The molecule has 15 heteroatoms. The number of benzene rings is 1. The van der Waals surface area contributed by atoms with Gasteiger partial charge in [-0.25, -0.2) is 13.2 Å². The van der Waals surface area contributed by atoms with E-state index in [1.165, 1.54) is 17.0 Å². The van der Waals surface area contributed by atoms with Crippen molar-refractivity contribution in [2.24, 2.45) is 10.9 Å². The highest BCUT2D eigenvalue weighted by Crippen LogP contribution is 2.28. The standard InChI is InChI=1S/C26H38N6O8S/c1-2-40-24(34)12-13-31(19-10-11-19)25(35)21(30-41(38,39)22-9-5-4-8-20(22)26(36)37)16-23(33)28-17-32(18-29-27)14-6-3-7-15-32/h4-5,8-9,18-19,21,30H,2-3,6-7,10-17,27H2,1H3,(H-,28,33,36,37)/p+1/t21-/m0/s1. The number of nitrogens with zero attached hydrogens (tertiary/aromatic N) is 3. The van der Waals surface area contributed by atoms with Crippen LogP contribution in [0.4, 0.5) is 0 Å². The van der Waals surface area contributed by atoms with Crippen LogP contribution in [0.25, 0.3) is 0 Å². The minimum absolute atomic E-state index is 0.0130. The van der Waals surface area contributed by atoms with Gasteiger partial charge in [0, 0.05) is 12.6 Å². The number of piperidine rings is 1. The predicted octanol–water partition coefficient (Wildman–Crippen LogP) is 0.342. The molecule has 2 amide bonds. The van der Waals surface area contributed by atoms with Crippen LogP contribution in [0, 0.1) is 0 Å². The Morgan fingerprint density at radius 1 is 1.20 bits per heavy atom. The van der Waals surface area contributed by atoms with Crippen molar-refractivity contribution in [2.45, 2.75) is 68.8 Å². The molecule has 14 nitrogen and oxygen atoms in total. The molecule has 1 aliphatic carbocycles. The number of carbonyl (C=O) groups is 4. The molecule has 2 fully saturated rings. The molecule has 226 valence electrons. The normalized spacial score (nSPS) is 17.5. The third kappa shape index (κ3) is 8.96. The molecule has 2 aliphatic rings. The number of hydrogen-bond acceptors (Lipinski definition) is 9. The number of amides is 2. The average molecular weight is 596 g/mol. The van der Waals surface area contributed by atoms with E-state index in [2.05, 4.69) is 15.1 Å². The Bertz CT molecular complexity index is 1240. The largest absolute Gasteiger partial charge is 0.478 e. The number of carboxylic acids is 1. The minimum Gasteiger partial charge on any atom is -0.478 e. The maximum absolute atomic E-state index is 13.7. The van der Waals surface area contributed by atoms with Gasteiger partial charge in [-0.3, -0.25) is 18.9 Å². The molecule has 1 aliphatic heterocycles. The lowest BCUT2D eigenvalue weighted by molar-refractivity contribution is -0.842. The summed E-state index contributed by atoms with van der Waals surface area (Å²) in [6.45, 7) is 3.41. The van der Waals surface area contributed by atoms with Gasteiger partial charge >= 0.3 is 11.9 Å². The number of hydrogen-bond donors (Lipinski definition) is 4. The lowest BCUT2D eigenvalue weighted by Gasteiger charge is -2.36. The SMILES string of the molecule is CCOC(=O)CCN(C(=O)[C@H](CC(=O)NC[N+]1(C=NN)CCCCC1)NS(=O)(=O)c1ccccc1C(=O)O)C1CC1. The van der Waals surface area contributed by atoms with Gasteiger partial charge in [0.25, 0.3) is 0 Å². The number of rotatable bonds is 15. The fourth-order valence-corrected chi connectivity index (χ4v) is 6.30. The molecule has 1 aromatic rings. The minimum atomic E-state index is -4.55. The molecule has 1 saturated heterocycles. The lowest BCUT2D eigenvalue weighted by Crippen LogP contribution is -2.57. The number of nitrogens with two attached hydrogens (primary N) is 1. The van der Waals surface area contributed by atoms with Gasteiger partial charge < -0.3 is 25.9 Å². The molecular formula is C26H39N6O8S+. The highest BCUT2D eigenvalue weighted by atomic mass is 32.2. The molecule has 0 unspecified atom stereocenters. The Labute approximate surface area is 239 Å². The summed E-state index contributed by atoms with van der Waals surface area (Å²) < 4.78 is 34.3. The predicted molar refractivity (Wildman–Crippen MR) is 148 cm³/mol. The summed E-state index contributed by atoms with van der Waals surface area (Å²) in [7, 11) is -4.55. The van der Waals surface area contributed by atoms with Crippen LogP contribution in [0.15, 0.2) is 34.3 Å². The quantitative estimate of drug-likeness (QED) is 0.0552. The Balaban J connectivity index is 1.84. The molecule has 3 rings (SSSR count). The Morgan fingerprint density at radius 3 is 2.49 bits per heavy atom. The number of aromatic carboxylic acids is 1. The van der Waals surface area contributed by atoms with E-state index in [9.17, 15) is 32.7 Å². The number of quaternary nitrogens is 1.